The molecule has 1 aliphatic heterocycles. The summed E-state index contributed by atoms with van der Waals surface area (Å²) in [5.41, 5.74) is 2.45. The molecule has 2 aromatic heterocycles. The van der Waals surface area contributed by atoms with E-state index in [1.54, 1.807) is 11.3 Å². The number of benzene rings is 1. The third-order valence-corrected chi connectivity index (χ3v) is 5.40. The summed E-state index contributed by atoms with van der Waals surface area (Å²) in [5.74, 6) is 0. The second-order valence-corrected chi connectivity index (χ2v) is 7.08. The van der Waals surface area contributed by atoms with Crippen LogP contribution < -0.4 is 5.56 Å². The lowest BCUT2D eigenvalue weighted by Gasteiger charge is -2.26. The molecule has 22 heavy (non-hydrogen) atoms. The minimum Gasteiger partial charge on any atom is -0.323 e. The standard InChI is InChI=1S/C16H15N3OS2/c20-14-13-11-6-7-19(8-10-4-2-1-3-5-10)9-12(11)22-15(13)18-16(21)17-14/h1-5H,6-9H2,(H2,17,18,20,21). The van der Waals surface area contributed by atoms with Crippen LogP contribution in [0.5, 0.6) is 0 Å². The highest BCUT2D eigenvalue weighted by atomic mass is 32.1. The summed E-state index contributed by atoms with van der Waals surface area (Å²) < 4.78 is 0.400. The Bertz CT molecular complexity index is 939. The van der Waals surface area contributed by atoms with Gasteiger partial charge < -0.3 is 4.98 Å². The molecule has 0 saturated carbocycles. The van der Waals surface area contributed by atoms with Gasteiger partial charge in [-0.3, -0.25) is 14.7 Å². The third-order valence-electron chi connectivity index (χ3n) is 4.07. The van der Waals surface area contributed by atoms with Crippen LogP contribution in [0, 0.1) is 4.77 Å². The van der Waals surface area contributed by atoms with Crippen molar-refractivity contribution in [1.82, 2.24) is 14.9 Å². The number of aromatic amines is 2. The van der Waals surface area contributed by atoms with E-state index in [1.807, 2.05) is 6.07 Å². The Morgan fingerprint density at radius 1 is 1.23 bits per heavy atom. The normalized spacial score (nSPS) is 15.1. The van der Waals surface area contributed by atoms with Crippen LogP contribution >= 0.6 is 23.6 Å². The first-order valence-corrected chi connectivity index (χ1v) is 8.46. The number of hydrogen-bond donors (Lipinski definition) is 2. The highest BCUT2D eigenvalue weighted by Crippen LogP contribution is 2.32. The summed E-state index contributed by atoms with van der Waals surface area (Å²) in [6.07, 6.45) is 0.913. The van der Waals surface area contributed by atoms with Crippen molar-refractivity contribution in [2.45, 2.75) is 19.5 Å². The van der Waals surface area contributed by atoms with Crippen molar-refractivity contribution in [2.24, 2.45) is 0 Å². The smallest absolute Gasteiger partial charge is 0.260 e. The molecule has 0 spiro atoms. The van der Waals surface area contributed by atoms with E-state index in [0.717, 1.165) is 36.3 Å². The van der Waals surface area contributed by atoms with E-state index in [2.05, 4.69) is 39.1 Å². The summed E-state index contributed by atoms with van der Waals surface area (Å²) in [7, 11) is 0. The van der Waals surface area contributed by atoms with Crippen molar-refractivity contribution >= 4 is 33.8 Å². The van der Waals surface area contributed by atoms with Gasteiger partial charge in [-0.1, -0.05) is 30.3 Å². The molecule has 112 valence electrons. The summed E-state index contributed by atoms with van der Waals surface area (Å²) in [4.78, 5) is 22.6. The van der Waals surface area contributed by atoms with E-state index >= 15 is 0 Å². The van der Waals surface area contributed by atoms with Gasteiger partial charge in [0.25, 0.3) is 5.56 Å². The molecule has 4 nitrogen and oxygen atoms in total. The van der Waals surface area contributed by atoms with Crippen LogP contribution in [0.25, 0.3) is 10.2 Å². The number of H-pyrrole nitrogens is 2. The zero-order valence-corrected chi connectivity index (χ0v) is 13.5. The molecule has 0 aliphatic carbocycles. The number of fused-ring (bicyclic) bond motifs is 3. The van der Waals surface area contributed by atoms with Crippen LogP contribution in [0.4, 0.5) is 0 Å². The molecule has 4 rings (SSSR count). The zero-order chi connectivity index (χ0) is 15.1. The first kappa shape index (κ1) is 13.9. The third kappa shape index (κ3) is 2.43. The molecule has 0 unspecified atom stereocenters. The quantitative estimate of drug-likeness (QED) is 0.710. The van der Waals surface area contributed by atoms with Gasteiger partial charge in [0.1, 0.15) is 4.83 Å². The molecule has 0 bridgehead atoms. The van der Waals surface area contributed by atoms with Crippen molar-refractivity contribution in [3.8, 4) is 0 Å². The van der Waals surface area contributed by atoms with Crippen molar-refractivity contribution in [1.29, 1.82) is 0 Å². The minimum absolute atomic E-state index is 0.0623. The highest BCUT2D eigenvalue weighted by molar-refractivity contribution is 7.71. The summed E-state index contributed by atoms with van der Waals surface area (Å²) >= 11 is 6.72. The number of rotatable bonds is 2. The lowest BCUT2D eigenvalue weighted by Crippen LogP contribution is -2.29. The molecule has 0 fully saturated rings. The Morgan fingerprint density at radius 3 is 2.86 bits per heavy atom. The molecular weight excluding hydrogens is 314 g/mol. The largest absolute Gasteiger partial charge is 0.323 e. The molecule has 0 saturated heterocycles. The van der Waals surface area contributed by atoms with Gasteiger partial charge in [0.2, 0.25) is 0 Å². The van der Waals surface area contributed by atoms with Crippen molar-refractivity contribution in [2.75, 3.05) is 6.54 Å². The first-order valence-electron chi connectivity index (χ1n) is 7.24. The fourth-order valence-electron chi connectivity index (χ4n) is 3.06. The van der Waals surface area contributed by atoms with Crippen LogP contribution in [0.3, 0.4) is 0 Å². The van der Waals surface area contributed by atoms with Crippen molar-refractivity contribution in [3.63, 3.8) is 0 Å². The Labute approximate surface area is 136 Å². The monoisotopic (exact) mass is 329 g/mol. The first-order chi connectivity index (χ1) is 10.7. The fourth-order valence-corrected chi connectivity index (χ4v) is 4.61. The molecule has 1 aliphatic rings. The van der Waals surface area contributed by atoms with Gasteiger partial charge in [-0.15, -0.1) is 11.3 Å². The van der Waals surface area contributed by atoms with E-state index < -0.39 is 0 Å². The molecule has 1 aromatic carbocycles. The molecular formula is C16H15N3OS2. The van der Waals surface area contributed by atoms with Crippen LogP contribution in [-0.4, -0.2) is 21.4 Å². The van der Waals surface area contributed by atoms with Gasteiger partial charge in [0.05, 0.1) is 5.39 Å². The Morgan fingerprint density at radius 2 is 2.05 bits per heavy atom. The van der Waals surface area contributed by atoms with Crippen molar-refractivity contribution in [3.05, 3.63) is 61.5 Å². The molecule has 0 atom stereocenters. The molecule has 3 aromatic rings. The molecule has 0 amide bonds. The second-order valence-electron chi connectivity index (χ2n) is 5.56. The fraction of sp³-hybridized carbons (Fsp3) is 0.250. The summed E-state index contributed by atoms with van der Waals surface area (Å²) in [6, 6.07) is 10.5. The number of thiophene rings is 1. The number of hydrogen-bond acceptors (Lipinski definition) is 4. The van der Waals surface area contributed by atoms with Crippen LogP contribution in [0.1, 0.15) is 16.0 Å². The van der Waals surface area contributed by atoms with Crippen LogP contribution in [0.2, 0.25) is 0 Å². The van der Waals surface area contributed by atoms with E-state index in [4.69, 9.17) is 12.2 Å². The number of nitrogens with zero attached hydrogens (tertiary/aromatic N) is 1. The predicted molar refractivity (Wildman–Crippen MR) is 91.9 cm³/mol. The molecule has 6 heteroatoms. The minimum atomic E-state index is -0.0623. The second kappa shape index (κ2) is 5.46. The average Bonchev–Trinajstić information content (AvgIpc) is 2.85. The Kier molecular flexibility index (Phi) is 3.44. The number of aromatic nitrogens is 2. The van der Waals surface area contributed by atoms with Crippen LogP contribution in [-0.2, 0) is 19.5 Å². The average molecular weight is 329 g/mol. The topological polar surface area (TPSA) is 51.9 Å². The van der Waals surface area contributed by atoms with Gasteiger partial charge in [-0.25, -0.2) is 0 Å². The SMILES string of the molecule is O=c1[nH]c(=S)[nH]c2sc3c(c12)CCN(Cc1ccccc1)C3. The van der Waals surface area contributed by atoms with E-state index in [-0.39, 0.29) is 5.56 Å². The van der Waals surface area contributed by atoms with Gasteiger partial charge in [-0.2, -0.15) is 0 Å². The number of nitrogens with one attached hydrogen (secondary N) is 2. The van der Waals surface area contributed by atoms with Gasteiger partial charge >= 0.3 is 0 Å². The highest BCUT2D eigenvalue weighted by Gasteiger charge is 2.22. The zero-order valence-electron chi connectivity index (χ0n) is 11.9. The van der Waals surface area contributed by atoms with Gasteiger partial charge in [0, 0.05) is 24.5 Å². The van der Waals surface area contributed by atoms with E-state index in [9.17, 15) is 4.79 Å². The lowest BCUT2D eigenvalue weighted by atomic mass is 10.0. The maximum atomic E-state index is 12.2. The van der Waals surface area contributed by atoms with E-state index in [0.29, 0.717) is 4.77 Å². The van der Waals surface area contributed by atoms with Gasteiger partial charge in [-0.05, 0) is 29.8 Å². The maximum Gasteiger partial charge on any atom is 0.260 e. The van der Waals surface area contributed by atoms with Gasteiger partial charge in [0.15, 0.2) is 4.77 Å². The Hall–Kier alpha value is -1.76. The summed E-state index contributed by atoms with van der Waals surface area (Å²) in [6.45, 7) is 2.81. The summed E-state index contributed by atoms with van der Waals surface area (Å²) in [5, 5.41) is 0.799. The van der Waals surface area contributed by atoms with E-state index in [1.165, 1.54) is 16.0 Å². The molecule has 2 N–H and O–H groups in total. The molecule has 0 radical (unpaired) electrons. The van der Waals surface area contributed by atoms with Crippen LogP contribution in [0.15, 0.2) is 35.1 Å². The van der Waals surface area contributed by atoms with Crippen molar-refractivity contribution < 1.29 is 0 Å². The lowest BCUT2D eigenvalue weighted by molar-refractivity contribution is 0.249. The maximum absolute atomic E-state index is 12.2. The molecule has 3 heterocycles. The predicted octanol–water partition coefficient (Wildman–Crippen LogP) is 3.21. The Balaban J connectivity index is 1.68.